The van der Waals surface area contributed by atoms with Gasteiger partial charge >= 0.3 is 5.97 Å². The summed E-state index contributed by atoms with van der Waals surface area (Å²) >= 11 is 0. The van der Waals surface area contributed by atoms with Crippen molar-refractivity contribution in [2.24, 2.45) is 0 Å². The van der Waals surface area contributed by atoms with Crippen molar-refractivity contribution in [2.75, 3.05) is 5.73 Å². The monoisotopic (exact) mass is 262 g/mol. The maximum absolute atomic E-state index is 10.8. The van der Waals surface area contributed by atoms with Gasteiger partial charge in [-0.05, 0) is 6.07 Å². The van der Waals surface area contributed by atoms with Gasteiger partial charge < -0.3 is 10.8 Å². The van der Waals surface area contributed by atoms with Gasteiger partial charge in [0, 0.05) is 6.07 Å². The average molecular weight is 262 g/mol. The highest BCUT2D eigenvalue weighted by atomic mass is 32.2. The number of carbonyl (C=O) groups is 1. The molecule has 0 saturated carbocycles. The number of nitro benzene ring substituents is 1. The van der Waals surface area contributed by atoms with Crippen LogP contribution in [-0.4, -0.2) is 29.0 Å². The molecule has 0 bridgehead atoms. The Morgan fingerprint density at radius 1 is 1.41 bits per heavy atom. The molecule has 0 saturated heterocycles. The Kier molecular flexibility index (Phi) is 3.02. The third-order valence-electron chi connectivity index (χ3n) is 1.83. The second kappa shape index (κ2) is 3.99. The zero-order valence-electron chi connectivity index (χ0n) is 8.02. The summed E-state index contributed by atoms with van der Waals surface area (Å²) in [5.41, 5.74) is 2.73. The maximum atomic E-state index is 10.8. The van der Waals surface area contributed by atoms with E-state index in [1.807, 2.05) is 0 Å². The number of benzene rings is 1. The van der Waals surface area contributed by atoms with E-state index in [2.05, 4.69) is 0 Å². The molecule has 9 nitrogen and oxygen atoms in total. The van der Waals surface area contributed by atoms with Crippen LogP contribution in [0.25, 0.3) is 0 Å². The molecule has 0 spiro atoms. The molecule has 0 aliphatic rings. The molecule has 1 aromatic carbocycles. The lowest BCUT2D eigenvalue weighted by Gasteiger charge is -2.04. The fraction of sp³-hybridized carbons (Fsp3) is 0. The minimum absolute atomic E-state index is 0.426. The van der Waals surface area contributed by atoms with Gasteiger partial charge in [0.25, 0.3) is 15.8 Å². The molecule has 0 fully saturated rings. The summed E-state index contributed by atoms with van der Waals surface area (Å²) in [6.07, 6.45) is 0. The number of rotatable bonds is 3. The molecule has 1 aromatic rings. The summed E-state index contributed by atoms with van der Waals surface area (Å²) in [6.45, 7) is 0. The van der Waals surface area contributed by atoms with Crippen LogP contribution in [0.15, 0.2) is 17.0 Å². The second-order valence-electron chi connectivity index (χ2n) is 2.94. The molecule has 0 amide bonds. The van der Waals surface area contributed by atoms with Gasteiger partial charge in [0.2, 0.25) is 0 Å². The number of hydrogen-bond acceptors (Lipinski definition) is 6. The molecule has 0 aliphatic heterocycles. The first kappa shape index (κ1) is 12.9. The van der Waals surface area contributed by atoms with E-state index in [1.165, 1.54) is 0 Å². The molecule has 0 heterocycles. The van der Waals surface area contributed by atoms with Gasteiger partial charge in [0.05, 0.1) is 10.6 Å². The maximum Gasteiger partial charge on any atom is 0.344 e. The molecule has 4 N–H and O–H groups in total. The largest absolute Gasteiger partial charge is 0.477 e. The Morgan fingerprint density at radius 2 is 1.94 bits per heavy atom. The third-order valence-corrected chi connectivity index (χ3v) is 2.66. The van der Waals surface area contributed by atoms with Crippen LogP contribution < -0.4 is 5.73 Å². The van der Waals surface area contributed by atoms with E-state index < -0.39 is 42.8 Å². The smallest absolute Gasteiger partial charge is 0.344 e. The molecule has 0 atom stereocenters. The number of carboxylic acid groups (broad SMARTS) is 1. The number of nitrogen functional groups attached to an aromatic ring is 1. The standard InChI is InChI=1S/C7H6N2O7S/c8-4-1-3(17(14,15)16)2-5(9(12)13)6(4)7(10)11/h1-2H,8H2,(H,10,11)(H,14,15,16). The summed E-state index contributed by atoms with van der Waals surface area (Å²) in [6, 6.07) is 1.06. The first-order valence-electron chi connectivity index (χ1n) is 3.93. The average Bonchev–Trinajstić information content (AvgIpc) is 2.13. The predicted molar refractivity (Wildman–Crippen MR) is 54.3 cm³/mol. The third kappa shape index (κ3) is 2.49. The molecular formula is C7H6N2O7S. The van der Waals surface area contributed by atoms with Crippen molar-refractivity contribution >= 4 is 27.5 Å². The van der Waals surface area contributed by atoms with Crippen molar-refractivity contribution in [3.63, 3.8) is 0 Å². The Bertz CT molecular complexity index is 607. The van der Waals surface area contributed by atoms with Crippen molar-refractivity contribution in [3.8, 4) is 0 Å². The van der Waals surface area contributed by atoms with Crippen LogP contribution in [0.3, 0.4) is 0 Å². The number of aromatic carboxylic acids is 1. The first-order chi connectivity index (χ1) is 7.64. The van der Waals surface area contributed by atoms with Gasteiger partial charge in [-0.25, -0.2) is 4.79 Å². The summed E-state index contributed by atoms with van der Waals surface area (Å²) in [5.74, 6) is -1.67. The van der Waals surface area contributed by atoms with E-state index in [1.54, 1.807) is 0 Å². The number of carboxylic acids is 1. The van der Waals surface area contributed by atoms with Crippen LogP contribution in [0.4, 0.5) is 11.4 Å². The van der Waals surface area contributed by atoms with Crippen LogP contribution in [0.2, 0.25) is 0 Å². The summed E-state index contributed by atoms with van der Waals surface area (Å²) < 4.78 is 30.2. The van der Waals surface area contributed by atoms with Crippen molar-refractivity contribution in [2.45, 2.75) is 4.90 Å². The lowest BCUT2D eigenvalue weighted by atomic mass is 10.1. The molecule has 1 rings (SSSR count). The van der Waals surface area contributed by atoms with Gasteiger partial charge in [-0.1, -0.05) is 0 Å². The highest BCUT2D eigenvalue weighted by molar-refractivity contribution is 7.85. The first-order valence-corrected chi connectivity index (χ1v) is 5.37. The van der Waals surface area contributed by atoms with Crippen LogP contribution in [0.1, 0.15) is 10.4 Å². The van der Waals surface area contributed by atoms with Gasteiger partial charge in [0.1, 0.15) is 4.90 Å². The quantitative estimate of drug-likeness (QED) is 0.299. The van der Waals surface area contributed by atoms with Crippen LogP contribution in [0.5, 0.6) is 0 Å². The van der Waals surface area contributed by atoms with E-state index in [0.29, 0.717) is 12.1 Å². The number of nitro groups is 1. The van der Waals surface area contributed by atoms with Gasteiger partial charge in [0.15, 0.2) is 5.56 Å². The summed E-state index contributed by atoms with van der Waals surface area (Å²) in [4.78, 5) is 19.3. The lowest BCUT2D eigenvalue weighted by Crippen LogP contribution is -2.09. The van der Waals surface area contributed by atoms with Gasteiger partial charge in [-0.3, -0.25) is 14.7 Å². The number of nitrogens with zero attached hydrogens (tertiary/aromatic N) is 1. The lowest BCUT2D eigenvalue weighted by molar-refractivity contribution is -0.385. The van der Waals surface area contributed by atoms with Crippen molar-refractivity contribution in [3.05, 3.63) is 27.8 Å². The molecule has 0 unspecified atom stereocenters. The second-order valence-corrected chi connectivity index (χ2v) is 4.37. The molecule has 0 aliphatic carbocycles. The Balaban J connectivity index is 3.70. The number of hydrogen-bond donors (Lipinski definition) is 3. The van der Waals surface area contributed by atoms with Crippen molar-refractivity contribution in [1.29, 1.82) is 0 Å². The Hall–Kier alpha value is -2.20. The summed E-state index contributed by atoms with van der Waals surface area (Å²) in [5, 5.41) is 19.3. The predicted octanol–water partition coefficient (Wildman–Crippen LogP) is 0.122. The van der Waals surface area contributed by atoms with Crippen LogP contribution in [0, 0.1) is 10.1 Å². The summed E-state index contributed by atoms with van der Waals surface area (Å²) in [7, 11) is -4.70. The fourth-order valence-electron chi connectivity index (χ4n) is 1.15. The zero-order chi connectivity index (χ0) is 13.4. The van der Waals surface area contributed by atoms with E-state index in [4.69, 9.17) is 15.4 Å². The minimum Gasteiger partial charge on any atom is -0.477 e. The minimum atomic E-state index is -4.70. The van der Waals surface area contributed by atoms with E-state index in [0.717, 1.165) is 0 Å². The Morgan fingerprint density at radius 3 is 2.29 bits per heavy atom. The molecule has 0 radical (unpaired) electrons. The zero-order valence-corrected chi connectivity index (χ0v) is 8.84. The number of nitrogens with two attached hydrogens (primary N) is 1. The normalized spacial score (nSPS) is 11.1. The highest BCUT2D eigenvalue weighted by Gasteiger charge is 2.27. The molecule has 92 valence electrons. The van der Waals surface area contributed by atoms with Crippen molar-refractivity contribution < 1.29 is 27.8 Å². The van der Waals surface area contributed by atoms with Crippen LogP contribution in [-0.2, 0) is 10.1 Å². The van der Waals surface area contributed by atoms with Crippen molar-refractivity contribution in [1.82, 2.24) is 0 Å². The molecular weight excluding hydrogens is 256 g/mol. The number of anilines is 1. The fourth-order valence-corrected chi connectivity index (χ4v) is 1.68. The topological polar surface area (TPSA) is 161 Å². The van der Waals surface area contributed by atoms with E-state index in [9.17, 15) is 23.3 Å². The molecule has 10 heteroatoms. The van der Waals surface area contributed by atoms with Crippen LogP contribution >= 0.6 is 0 Å². The molecule has 0 aromatic heterocycles. The molecule has 17 heavy (non-hydrogen) atoms. The SMILES string of the molecule is Nc1cc(S(=O)(=O)O)cc([N+](=O)[O-])c1C(=O)O. The van der Waals surface area contributed by atoms with E-state index in [-0.39, 0.29) is 0 Å². The van der Waals surface area contributed by atoms with Gasteiger partial charge in [-0.15, -0.1) is 0 Å². The van der Waals surface area contributed by atoms with Gasteiger partial charge in [-0.2, -0.15) is 8.42 Å². The Labute approximate surface area is 94.4 Å². The highest BCUT2D eigenvalue weighted by Crippen LogP contribution is 2.28. The van der Waals surface area contributed by atoms with E-state index >= 15 is 0 Å².